The zero-order valence-electron chi connectivity index (χ0n) is 12.7. The molecule has 0 fully saturated rings. The topological polar surface area (TPSA) is 68.2 Å². The second-order valence-electron chi connectivity index (χ2n) is 4.53. The maximum absolute atomic E-state index is 10.3. The summed E-state index contributed by atoms with van der Waals surface area (Å²) in [6, 6.07) is 10.2. The van der Waals surface area contributed by atoms with Crippen LogP contribution in [0.3, 0.4) is 0 Å². The molecule has 116 valence electrons. The van der Waals surface area contributed by atoms with E-state index in [2.05, 4.69) is 0 Å². The summed E-state index contributed by atoms with van der Waals surface area (Å²) in [6.07, 6.45) is 1.53. The van der Waals surface area contributed by atoms with Crippen LogP contribution in [0.5, 0.6) is 23.0 Å². The second kappa shape index (κ2) is 6.76. The molecule has 0 aliphatic rings. The maximum Gasteiger partial charge on any atom is 0.137 e. The van der Waals surface area contributed by atoms with Gasteiger partial charge in [-0.1, -0.05) is 12.1 Å². The number of ether oxygens (including phenoxy) is 3. The minimum Gasteiger partial charge on any atom is -0.507 e. The molecule has 0 saturated heterocycles. The number of methoxy groups -OCH3 is 3. The van der Waals surface area contributed by atoms with Crippen molar-refractivity contribution in [3.63, 3.8) is 0 Å². The average molecular weight is 302 g/mol. The van der Waals surface area contributed by atoms with Crippen molar-refractivity contribution < 1.29 is 24.4 Å². The molecule has 5 nitrogen and oxygen atoms in total. The Bertz CT molecular complexity index is 674. The first-order valence-electron chi connectivity index (χ1n) is 6.59. The first-order chi connectivity index (χ1) is 10.6. The van der Waals surface area contributed by atoms with Crippen molar-refractivity contribution in [3.05, 3.63) is 47.5 Å². The van der Waals surface area contributed by atoms with Crippen molar-refractivity contribution in [2.24, 2.45) is 0 Å². The van der Waals surface area contributed by atoms with Gasteiger partial charge in [-0.15, -0.1) is 0 Å². The molecule has 0 saturated carbocycles. The summed E-state index contributed by atoms with van der Waals surface area (Å²) in [5.74, 6) is 1.25. The van der Waals surface area contributed by atoms with E-state index in [4.69, 9.17) is 14.2 Å². The van der Waals surface area contributed by atoms with Crippen LogP contribution in [0.15, 0.2) is 36.4 Å². The maximum atomic E-state index is 10.3. The molecule has 0 bridgehead atoms. The fraction of sp³-hybridized carbons (Fsp3) is 0.176. The number of rotatable bonds is 5. The Labute approximate surface area is 129 Å². The SMILES string of the molecule is COc1ccc(/C=C(\O)c2c(O)cc(OC)cc2OC)cc1. The van der Waals surface area contributed by atoms with Crippen LogP contribution in [0, 0.1) is 0 Å². The van der Waals surface area contributed by atoms with Crippen molar-refractivity contribution in [2.45, 2.75) is 0 Å². The molecule has 0 heterocycles. The summed E-state index contributed by atoms with van der Waals surface area (Å²) < 4.78 is 15.3. The smallest absolute Gasteiger partial charge is 0.137 e. The Morgan fingerprint density at radius 2 is 1.55 bits per heavy atom. The van der Waals surface area contributed by atoms with Crippen molar-refractivity contribution in [1.29, 1.82) is 0 Å². The van der Waals surface area contributed by atoms with Crippen LogP contribution in [0.1, 0.15) is 11.1 Å². The second-order valence-corrected chi connectivity index (χ2v) is 4.53. The minimum absolute atomic E-state index is 0.109. The van der Waals surface area contributed by atoms with Crippen LogP contribution in [-0.2, 0) is 0 Å². The number of benzene rings is 2. The van der Waals surface area contributed by atoms with E-state index in [0.29, 0.717) is 11.5 Å². The van der Waals surface area contributed by atoms with E-state index >= 15 is 0 Å². The largest absolute Gasteiger partial charge is 0.507 e. The molecule has 0 spiro atoms. The highest BCUT2D eigenvalue weighted by Gasteiger charge is 2.15. The van der Waals surface area contributed by atoms with E-state index in [1.54, 1.807) is 37.4 Å². The molecular formula is C17H18O5. The van der Waals surface area contributed by atoms with Gasteiger partial charge in [-0.2, -0.15) is 0 Å². The lowest BCUT2D eigenvalue weighted by atomic mass is 10.1. The number of hydrogen-bond donors (Lipinski definition) is 2. The lowest BCUT2D eigenvalue weighted by molar-refractivity contribution is 0.379. The van der Waals surface area contributed by atoms with E-state index in [0.717, 1.165) is 11.3 Å². The molecule has 0 aliphatic heterocycles. The van der Waals surface area contributed by atoms with Crippen LogP contribution < -0.4 is 14.2 Å². The first-order valence-corrected chi connectivity index (χ1v) is 6.59. The lowest BCUT2D eigenvalue weighted by Gasteiger charge is -2.12. The number of hydrogen-bond acceptors (Lipinski definition) is 5. The summed E-state index contributed by atoms with van der Waals surface area (Å²) in [6.45, 7) is 0. The third kappa shape index (κ3) is 3.25. The molecule has 0 amide bonds. The summed E-state index contributed by atoms with van der Waals surface area (Å²) >= 11 is 0. The van der Waals surface area contributed by atoms with Crippen molar-refractivity contribution in [2.75, 3.05) is 21.3 Å². The van der Waals surface area contributed by atoms with Gasteiger partial charge in [0.2, 0.25) is 0 Å². The van der Waals surface area contributed by atoms with Gasteiger partial charge in [-0.25, -0.2) is 0 Å². The van der Waals surface area contributed by atoms with Gasteiger partial charge >= 0.3 is 0 Å². The minimum atomic E-state index is -0.126. The Morgan fingerprint density at radius 3 is 2.09 bits per heavy atom. The van der Waals surface area contributed by atoms with Crippen LogP contribution in [0.25, 0.3) is 11.8 Å². The highest BCUT2D eigenvalue weighted by molar-refractivity contribution is 5.82. The van der Waals surface area contributed by atoms with Gasteiger partial charge in [-0.05, 0) is 23.8 Å². The predicted octanol–water partition coefficient (Wildman–Crippen LogP) is 3.47. The van der Waals surface area contributed by atoms with E-state index in [1.165, 1.54) is 26.4 Å². The predicted molar refractivity (Wildman–Crippen MR) is 84.7 cm³/mol. The number of phenolic OH excluding ortho intramolecular Hbond substituents is 1. The van der Waals surface area contributed by atoms with E-state index in [-0.39, 0.29) is 17.1 Å². The number of aromatic hydroxyl groups is 1. The molecular weight excluding hydrogens is 284 g/mol. The summed E-state index contributed by atoms with van der Waals surface area (Å²) in [7, 11) is 4.53. The Kier molecular flexibility index (Phi) is 4.78. The number of phenols is 1. The fourth-order valence-corrected chi connectivity index (χ4v) is 2.04. The number of aliphatic hydroxyl groups excluding tert-OH is 1. The van der Waals surface area contributed by atoms with Gasteiger partial charge in [0.05, 0.1) is 21.3 Å². The van der Waals surface area contributed by atoms with E-state index in [1.807, 2.05) is 0 Å². The molecule has 0 radical (unpaired) electrons. The molecule has 0 unspecified atom stereocenters. The highest BCUT2D eigenvalue weighted by Crippen LogP contribution is 2.37. The van der Waals surface area contributed by atoms with Crippen LogP contribution >= 0.6 is 0 Å². The van der Waals surface area contributed by atoms with Crippen molar-refractivity contribution in [3.8, 4) is 23.0 Å². The van der Waals surface area contributed by atoms with E-state index in [9.17, 15) is 10.2 Å². The first kappa shape index (κ1) is 15.6. The summed E-state index contributed by atoms with van der Waals surface area (Å²) in [5.41, 5.74) is 0.967. The van der Waals surface area contributed by atoms with Crippen molar-refractivity contribution in [1.82, 2.24) is 0 Å². The van der Waals surface area contributed by atoms with Crippen LogP contribution in [-0.4, -0.2) is 31.5 Å². The molecule has 5 heteroatoms. The summed E-state index contributed by atoms with van der Waals surface area (Å²) in [4.78, 5) is 0. The van der Waals surface area contributed by atoms with Gasteiger partial charge in [0.25, 0.3) is 0 Å². The van der Waals surface area contributed by atoms with Gasteiger partial charge in [0.1, 0.15) is 34.3 Å². The number of aliphatic hydroxyl groups is 1. The highest BCUT2D eigenvalue weighted by atomic mass is 16.5. The Morgan fingerprint density at radius 1 is 0.909 bits per heavy atom. The monoisotopic (exact) mass is 302 g/mol. The van der Waals surface area contributed by atoms with Crippen LogP contribution in [0.4, 0.5) is 0 Å². The molecule has 2 aromatic carbocycles. The summed E-state index contributed by atoms with van der Waals surface area (Å²) in [5, 5.41) is 20.4. The molecule has 0 aromatic heterocycles. The zero-order valence-corrected chi connectivity index (χ0v) is 12.7. The van der Waals surface area contributed by atoms with E-state index < -0.39 is 0 Å². The quantitative estimate of drug-likeness (QED) is 0.654. The van der Waals surface area contributed by atoms with Gasteiger partial charge < -0.3 is 24.4 Å². The Hall–Kier alpha value is -2.82. The third-order valence-corrected chi connectivity index (χ3v) is 3.19. The van der Waals surface area contributed by atoms with Crippen LogP contribution in [0.2, 0.25) is 0 Å². The standard InChI is InChI=1S/C17H18O5/c1-20-12-6-4-11(5-7-12)8-14(18)17-15(19)9-13(21-2)10-16(17)22-3/h4-10,18-19H,1-3H3/b14-8-. The fourth-order valence-electron chi connectivity index (χ4n) is 2.04. The molecule has 2 aromatic rings. The molecule has 2 rings (SSSR count). The van der Waals surface area contributed by atoms with Gasteiger partial charge in [0.15, 0.2) is 0 Å². The third-order valence-electron chi connectivity index (χ3n) is 3.19. The van der Waals surface area contributed by atoms with Gasteiger partial charge in [-0.3, -0.25) is 0 Å². The lowest BCUT2D eigenvalue weighted by Crippen LogP contribution is -1.94. The normalized spacial score (nSPS) is 11.1. The Balaban J connectivity index is 2.42. The molecule has 2 N–H and O–H groups in total. The molecule has 22 heavy (non-hydrogen) atoms. The molecule has 0 aliphatic carbocycles. The zero-order chi connectivity index (χ0) is 16.1. The van der Waals surface area contributed by atoms with Crippen molar-refractivity contribution >= 4 is 11.8 Å². The average Bonchev–Trinajstić information content (AvgIpc) is 2.54. The van der Waals surface area contributed by atoms with Gasteiger partial charge in [0, 0.05) is 12.1 Å². The molecule has 0 atom stereocenters.